The van der Waals surface area contributed by atoms with Crippen LogP contribution in [-0.4, -0.2) is 12.6 Å². The largest absolute Gasteiger partial charge is 0.327 e. The Hall–Kier alpha value is -0.0300. The maximum atomic E-state index is 12.8. The lowest BCUT2D eigenvalue weighted by molar-refractivity contribution is 0.335. The Morgan fingerprint density at radius 2 is 2.14 bits per heavy atom. The van der Waals surface area contributed by atoms with E-state index in [-0.39, 0.29) is 6.04 Å². The molecule has 1 aromatic heterocycles. The third kappa shape index (κ3) is 4.47. The summed E-state index contributed by atoms with van der Waals surface area (Å²) in [4.78, 5) is 0. The molecule has 1 aromatic carbocycles. The molecule has 0 unspecified atom stereocenters. The Balaban J connectivity index is 2.19. The van der Waals surface area contributed by atoms with Crippen LogP contribution in [-0.2, 0) is 14.8 Å². The highest BCUT2D eigenvalue weighted by Gasteiger charge is 2.25. The molecule has 0 bridgehead atoms. The van der Waals surface area contributed by atoms with Crippen molar-refractivity contribution in [3.8, 4) is 0 Å². The molecule has 1 heterocycles. The molecular weight excluding hydrogens is 345 g/mol. The normalized spacial score (nSPS) is 14.7. The van der Waals surface area contributed by atoms with Gasteiger partial charge in [-0.2, -0.15) is 0 Å². The molecule has 0 spiro atoms. The first-order valence-electron chi connectivity index (χ1n) is 6.78. The van der Waals surface area contributed by atoms with Crippen LogP contribution in [0, 0.1) is 0 Å². The van der Waals surface area contributed by atoms with Crippen molar-refractivity contribution < 1.29 is 9.09 Å². The van der Waals surface area contributed by atoms with Gasteiger partial charge in [0.15, 0.2) is 0 Å². The molecule has 1 atom stereocenters. The van der Waals surface area contributed by atoms with E-state index in [1.165, 1.54) is 11.4 Å². The predicted molar refractivity (Wildman–Crippen MR) is 95.6 cm³/mol. The number of fused-ring (bicyclic) bond motifs is 1. The third-order valence-corrected chi connectivity index (χ3v) is 8.43. The molecule has 7 heteroatoms. The summed E-state index contributed by atoms with van der Waals surface area (Å²) in [6.07, 6.45) is 0. The molecule has 0 aliphatic heterocycles. The number of thiophene rings is 1. The summed E-state index contributed by atoms with van der Waals surface area (Å²) in [5, 5.41) is 4.18. The van der Waals surface area contributed by atoms with Crippen LogP contribution in [0.3, 0.4) is 0 Å². The van der Waals surface area contributed by atoms with E-state index in [1.54, 1.807) is 11.3 Å². The fraction of sp³-hybridized carbons (Fsp3) is 0.429. The fourth-order valence-corrected chi connectivity index (χ4v) is 7.57. The lowest BCUT2D eigenvalue weighted by atomic mass is 10.2. The van der Waals surface area contributed by atoms with E-state index in [4.69, 9.17) is 16.1 Å². The topological polar surface area (TPSA) is 38.3 Å². The van der Waals surface area contributed by atoms with Crippen LogP contribution in [0.25, 0.3) is 10.1 Å². The van der Waals surface area contributed by atoms with Gasteiger partial charge < -0.3 is 4.52 Å². The van der Waals surface area contributed by atoms with Gasteiger partial charge in [-0.1, -0.05) is 29.8 Å². The smallest absolute Gasteiger partial charge is 0.310 e. The molecule has 116 valence electrons. The Morgan fingerprint density at radius 3 is 2.81 bits per heavy atom. The fourth-order valence-electron chi connectivity index (χ4n) is 1.95. The molecule has 0 saturated heterocycles. The second kappa shape index (κ2) is 7.49. The number of nitrogens with one attached hydrogen (secondary N) is 1. The van der Waals surface area contributed by atoms with E-state index in [9.17, 15) is 4.57 Å². The number of halogens is 1. The summed E-state index contributed by atoms with van der Waals surface area (Å²) in [6, 6.07) is 8.19. The van der Waals surface area contributed by atoms with Crippen molar-refractivity contribution in [2.24, 2.45) is 0 Å². The van der Waals surface area contributed by atoms with Gasteiger partial charge in [-0.15, -0.1) is 11.3 Å². The molecule has 2 aromatic rings. The summed E-state index contributed by atoms with van der Waals surface area (Å²) in [7, 11) is 0. The van der Waals surface area contributed by atoms with Crippen molar-refractivity contribution in [2.45, 2.75) is 32.6 Å². The Morgan fingerprint density at radius 1 is 1.43 bits per heavy atom. The van der Waals surface area contributed by atoms with Gasteiger partial charge in [0.05, 0.1) is 10.9 Å². The van der Waals surface area contributed by atoms with E-state index < -0.39 is 6.72 Å². The molecule has 0 radical (unpaired) electrons. The summed E-state index contributed by atoms with van der Waals surface area (Å²) < 4.78 is 20.1. The second-order valence-corrected chi connectivity index (χ2v) is 10.8. The second-order valence-electron chi connectivity index (χ2n) is 4.82. The van der Waals surface area contributed by atoms with Gasteiger partial charge in [-0.25, -0.2) is 5.09 Å². The highest BCUT2D eigenvalue weighted by Crippen LogP contribution is 2.58. The van der Waals surface area contributed by atoms with Crippen molar-refractivity contribution in [2.75, 3.05) is 6.61 Å². The number of hydrogen-bond donors (Lipinski definition) is 1. The molecule has 21 heavy (non-hydrogen) atoms. The van der Waals surface area contributed by atoms with E-state index >= 15 is 0 Å². The first kappa shape index (κ1) is 17.3. The molecule has 0 aliphatic carbocycles. The molecule has 1 N–H and O–H groups in total. The highest BCUT2D eigenvalue weighted by atomic mass is 35.5. The molecule has 0 saturated carbocycles. The number of benzene rings is 1. The summed E-state index contributed by atoms with van der Waals surface area (Å²) >= 11 is 9.20. The molecule has 0 amide bonds. The van der Waals surface area contributed by atoms with Gasteiger partial charge >= 0.3 is 6.72 Å². The van der Waals surface area contributed by atoms with Crippen LogP contribution in [0.4, 0.5) is 0 Å². The third-order valence-electron chi connectivity index (χ3n) is 2.74. The van der Waals surface area contributed by atoms with Crippen LogP contribution in [0.5, 0.6) is 0 Å². The summed E-state index contributed by atoms with van der Waals surface area (Å²) in [5.41, 5.74) is 1.03. The molecule has 3 nitrogen and oxygen atoms in total. The minimum absolute atomic E-state index is 0.101. The van der Waals surface area contributed by atoms with Gasteiger partial charge in [0.2, 0.25) is 0 Å². The average Bonchev–Trinajstić information content (AvgIpc) is 2.71. The van der Waals surface area contributed by atoms with Gasteiger partial charge in [0.25, 0.3) is 0 Å². The van der Waals surface area contributed by atoms with Crippen LogP contribution in [0.15, 0.2) is 24.3 Å². The molecule has 2 rings (SSSR count). The maximum Gasteiger partial charge on any atom is 0.327 e. The first-order chi connectivity index (χ1) is 9.95. The molecular formula is C14H19ClNO2PS2. The predicted octanol–water partition coefficient (Wildman–Crippen LogP) is 5.93. The van der Waals surface area contributed by atoms with Crippen molar-refractivity contribution in [1.29, 1.82) is 0 Å². The average molecular weight is 364 g/mol. The van der Waals surface area contributed by atoms with Crippen LogP contribution in [0.1, 0.15) is 26.3 Å². The zero-order chi connectivity index (χ0) is 15.5. The monoisotopic (exact) mass is 363 g/mol. The minimum atomic E-state index is -2.90. The van der Waals surface area contributed by atoms with Gasteiger partial charge in [-0.3, -0.25) is 4.57 Å². The van der Waals surface area contributed by atoms with Gasteiger partial charge in [0, 0.05) is 16.5 Å². The molecule has 0 fully saturated rings. The first-order valence-corrected chi connectivity index (χ1v) is 11.2. The zero-order valence-corrected chi connectivity index (χ0v) is 15.5. The SMILES string of the molecule is CCO[P@@](=O)(NC(C)C)SCc1c(Cl)sc2ccccc12. The zero-order valence-electron chi connectivity index (χ0n) is 12.3. The van der Waals surface area contributed by atoms with Crippen molar-refractivity contribution in [1.82, 2.24) is 5.09 Å². The summed E-state index contributed by atoms with van der Waals surface area (Å²) in [5.74, 6) is 0.569. The van der Waals surface area contributed by atoms with Gasteiger partial charge in [0.1, 0.15) is 0 Å². The van der Waals surface area contributed by atoms with Gasteiger partial charge in [-0.05, 0) is 49.2 Å². The summed E-state index contributed by atoms with van der Waals surface area (Å²) in [6.45, 7) is 3.28. The maximum absolute atomic E-state index is 12.8. The number of hydrogen-bond acceptors (Lipinski definition) is 4. The lowest BCUT2D eigenvalue weighted by Crippen LogP contribution is -2.19. The minimum Gasteiger partial charge on any atom is -0.310 e. The highest BCUT2D eigenvalue weighted by molar-refractivity contribution is 8.55. The van der Waals surface area contributed by atoms with E-state index in [0.717, 1.165) is 20.0 Å². The van der Waals surface area contributed by atoms with Crippen molar-refractivity contribution in [3.05, 3.63) is 34.2 Å². The molecule has 0 aliphatic rings. The van der Waals surface area contributed by atoms with Crippen LogP contribution >= 0.6 is 41.0 Å². The van der Waals surface area contributed by atoms with Crippen molar-refractivity contribution >= 4 is 51.1 Å². The Kier molecular flexibility index (Phi) is 6.18. The van der Waals surface area contributed by atoms with Crippen LogP contribution in [0.2, 0.25) is 4.34 Å². The van der Waals surface area contributed by atoms with Crippen molar-refractivity contribution in [3.63, 3.8) is 0 Å². The number of rotatable bonds is 7. The van der Waals surface area contributed by atoms with E-state index in [2.05, 4.69) is 17.2 Å². The van der Waals surface area contributed by atoms with E-state index in [1.807, 2.05) is 32.9 Å². The Labute approximate surface area is 138 Å². The van der Waals surface area contributed by atoms with Crippen LogP contribution < -0.4 is 5.09 Å². The van der Waals surface area contributed by atoms with E-state index in [0.29, 0.717) is 12.4 Å². The standard InChI is InChI=1S/C14H19ClNO2PS2/c1-4-18-19(17,16-10(2)3)20-9-12-11-7-5-6-8-13(11)21-14(12)15/h5-8,10H,4,9H2,1-3H3,(H,16,17)/t19-/m0/s1. The Bertz CT molecular complexity index is 659. The quantitative estimate of drug-likeness (QED) is 0.618. The lowest BCUT2D eigenvalue weighted by Gasteiger charge is -2.20.